The van der Waals surface area contributed by atoms with E-state index in [9.17, 15) is 8.78 Å². The van der Waals surface area contributed by atoms with Crippen LogP contribution in [0, 0.1) is 23.0 Å². The molecule has 0 aliphatic heterocycles. The second-order valence-corrected chi connectivity index (χ2v) is 5.39. The van der Waals surface area contributed by atoms with Crippen LogP contribution in [0.25, 0.3) is 0 Å². The van der Waals surface area contributed by atoms with Crippen LogP contribution >= 0.6 is 0 Å². The number of rotatable bonds is 5. The highest BCUT2D eigenvalue weighted by molar-refractivity contribution is 5.47. The van der Waals surface area contributed by atoms with Crippen molar-refractivity contribution >= 4 is 11.6 Å². The van der Waals surface area contributed by atoms with Gasteiger partial charge in [0.2, 0.25) is 0 Å². The number of aromatic nitrogens is 1. The maximum atomic E-state index is 13.6. The fourth-order valence-corrected chi connectivity index (χ4v) is 2.61. The largest absolute Gasteiger partial charge is 0.371 e. The lowest BCUT2D eigenvalue weighted by Crippen LogP contribution is -2.19. The Bertz CT molecular complexity index is 468. The molecule has 2 saturated carbocycles. The molecule has 0 radical (unpaired) electrons. The third-order valence-corrected chi connectivity index (χ3v) is 4.11. The molecule has 98 valence electrons. The molecule has 5 heteroatoms. The molecule has 0 saturated heterocycles. The Morgan fingerprint density at radius 2 is 1.94 bits per heavy atom. The predicted octanol–water partition coefficient (Wildman–Crippen LogP) is 3.00. The van der Waals surface area contributed by atoms with E-state index >= 15 is 0 Å². The summed E-state index contributed by atoms with van der Waals surface area (Å²) in [6, 6.07) is 0.873. The maximum absolute atomic E-state index is 13.6. The third kappa shape index (κ3) is 2.02. The first-order chi connectivity index (χ1) is 8.64. The summed E-state index contributed by atoms with van der Waals surface area (Å²) < 4.78 is 26.8. The molecule has 0 aromatic carbocycles. The van der Waals surface area contributed by atoms with Gasteiger partial charge in [0.05, 0.1) is 0 Å². The lowest BCUT2D eigenvalue weighted by Gasteiger charge is -2.16. The minimum absolute atomic E-state index is 0.0789. The fourth-order valence-electron chi connectivity index (χ4n) is 2.61. The van der Waals surface area contributed by atoms with Crippen molar-refractivity contribution < 1.29 is 8.78 Å². The summed E-state index contributed by atoms with van der Waals surface area (Å²) in [5.74, 6) is -0.262. The molecule has 2 fully saturated rings. The van der Waals surface area contributed by atoms with Crippen LogP contribution in [-0.4, -0.2) is 18.6 Å². The average Bonchev–Trinajstić information content (AvgIpc) is 3.20. The molecule has 0 amide bonds. The molecule has 1 aromatic heterocycles. The van der Waals surface area contributed by atoms with E-state index in [2.05, 4.69) is 15.6 Å². The number of pyridine rings is 1. The zero-order valence-electron chi connectivity index (χ0n) is 10.4. The van der Waals surface area contributed by atoms with Gasteiger partial charge in [0.15, 0.2) is 23.3 Å². The topological polar surface area (TPSA) is 37.0 Å². The van der Waals surface area contributed by atoms with Gasteiger partial charge in [0, 0.05) is 19.7 Å². The Labute approximate surface area is 105 Å². The Balaban J connectivity index is 1.72. The summed E-state index contributed by atoms with van der Waals surface area (Å²) in [5, 5.41) is 5.66. The van der Waals surface area contributed by atoms with Gasteiger partial charge in [-0.2, -0.15) is 0 Å². The molecule has 2 aliphatic carbocycles. The Morgan fingerprint density at radius 1 is 1.28 bits per heavy atom. The highest BCUT2D eigenvalue weighted by atomic mass is 19.1. The Morgan fingerprint density at radius 3 is 2.50 bits per heavy atom. The van der Waals surface area contributed by atoms with E-state index in [0.29, 0.717) is 5.41 Å². The normalized spacial score (nSPS) is 20.6. The number of anilines is 2. The molecule has 3 rings (SSSR count). The summed E-state index contributed by atoms with van der Waals surface area (Å²) in [6.45, 7) is 0.746. The molecular weight excluding hydrogens is 236 g/mol. The molecule has 0 bridgehead atoms. The molecule has 1 aromatic rings. The van der Waals surface area contributed by atoms with Gasteiger partial charge in [0.25, 0.3) is 0 Å². The molecule has 18 heavy (non-hydrogen) atoms. The van der Waals surface area contributed by atoms with Crippen molar-refractivity contribution in [1.29, 1.82) is 0 Å². The van der Waals surface area contributed by atoms with Crippen molar-refractivity contribution in [3.8, 4) is 0 Å². The zero-order chi connectivity index (χ0) is 12.8. The number of hydrogen-bond acceptors (Lipinski definition) is 3. The summed E-state index contributed by atoms with van der Waals surface area (Å²) in [5.41, 5.74) is 0.363. The van der Waals surface area contributed by atoms with Crippen LogP contribution in [0.1, 0.15) is 25.7 Å². The lowest BCUT2D eigenvalue weighted by molar-refractivity contribution is 0.464. The summed E-state index contributed by atoms with van der Waals surface area (Å²) in [6.07, 6.45) is 5.02. The van der Waals surface area contributed by atoms with Crippen molar-refractivity contribution in [2.75, 3.05) is 24.2 Å². The minimum Gasteiger partial charge on any atom is -0.371 e. The van der Waals surface area contributed by atoms with Crippen LogP contribution in [0.15, 0.2) is 6.07 Å². The number of hydrogen-bond donors (Lipinski definition) is 2. The zero-order valence-corrected chi connectivity index (χ0v) is 10.4. The van der Waals surface area contributed by atoms with Crippen molar-refractivity contribution in [3.05, 3.63) is 17.7 Å². The van der Waals surface area contributed by atoms with Gasteiger partial charge < -0.3 is 10.6 Å². The van der Waals surface area contributed by atoms with Crippen molar-refractivity contribution in [2.24, 2.45) is 11.3 Å². The summed E-state index contributed by atoms with van der Waals surface area (Å²) in [4.78, 5) is 3.93. The smallest absolute Gasteiger partial charge is 0.168 e. The first-order valence-corrected chi connectivity index (χ1v) is 6.42. The van der Waals surface area contributed by atoms with Crippen molar-refractivity contribution in [1.82, 2.24) is 4.98 Å². The van der Waals surface area contributed by atoms with Gasteiger partial charge in [-0.3, -0.25) is 0 Å². The van der Waals surface area contributed by atoms with Gasteiger partial charge >= 0.3 is 0 Å². The highest BCUT2D eigenvalue weighted by Gasteiger charge is 2.53. The average molecular weight is 253 g/mol. The number of nitrogens with one attached hydrogen (secondary N) is 2. The third-order valence-electron chi connectivity index (χ3n) is 4.11. The Hall–Kier alpha value is -1.39. The van der Waals surface area contributed by atoms with Gasteiger partial charge in [-0.05, 0) is 37.0 Å². The van der Waals surface area contributed by atoms with E-state index in [-0.39, 0.29) is 11.6 Å². The van der Waals surface area contributed by atoms with Gasteiger partial charge in [0.1, 0.15) is 0 Å². The molecule has 0 atom stereocenters. The first kappa shape index (κ1) is 11.7. The van der Waals surface area contributed by atoms with E-state index in [4.69, 9.17) is 0 Å². The summed E-state index contributed by atoms with van der Waals surface area (Å²) >= 11 is 0. The second-order valence-electron chi connectivity index (χ2n) is 5.39. The molecule has 0 unspecified atom stereocenters. The molecule has 0 spiro atoms. The number of halogens is 2. The Kier molecular flexibility index (Phi) is 2.64. The van der Waals surface area contributed by atoms with E-state index in [1.54, 1.807) is 7.05 Å². The quantitative estimate of drug-likeness (QED) is 0.847. The molecular formula is C13H17F2N3. The predicted molar refractivity (Wildman–Crippen MR) is 66.6 cm³/mol. The van der Waals surface area contributed by atoms with Crippen LogP contribution in [0.5, 0.6) is 0 Å². The van der Waals surface area contributed by atoms with E-state index < -0.39 is 11.6 Å². The maximum Gasteiger partial charge on any atom is 0.168 e. The fraction of sp³-hybridized carbons (Fsp3) is 0.615. The molecule has 2 N–H and O–H groups in total. The van der Waals surface area contributed by atoms with Gasteiger partial charge in [-0.1, -0.05) is 0 Å². The lowest BCUT2D eigenvalue weighted by atomic mass is 10.0. The molecule has 1 heterocycles. The van der Waals surface area contributed by atoms with Crippen LogP contribution in [0.2, 0.25) is 0 Å². The SMILES string of the molecule is CNc1nc(NCC2(C3CC3)CC2)c(F)cc1F. The van der Waals surface area contributed by atoms with Crippen LogP contribution in [0.3, 0.4) is 0 Å². The molecule has 2 aliphatic rings. The summed E-state index contributed by atoms with van der Waals surface area (Å²) in [7, 11) is 1.57. The molecule has 3 nitrogen and oxygen atoms in total. The van der Waals surface area contributed by atoms with E-state index in [0.717, 1.165) is 18.5 Å². The first-order valence-electron chi connectivity index (χ1n) is 6.42. The standard InChI is InChI=1S/C13H17F2N3/c1-16-11-9(14)6-10(15)12(18-11)17-7-13(4-5-13)8-2-3-8/h6,8H,2-5,7H2,1H3,(H2,16,17,18). The minimum atomic E-state index is -0.663. The monoisotopic (exact) mass is 253 g/mol. The van der Waals surface area contributed by atoms with E-state index in [1.165, 1.54) is 25.7 Å². The number of nitrogens with zero attached hydrogens (tertiary/aromatic N) is 1. The van der Waals surface area contributed by atoms with Gasteiger partial charge in [-0.25, -0.2) is 13.8 Å². The second kappa shape index (κ2) is 4.07. The van der Waals surface area contributed by atoms with Crippen LogP contribution in [-0.2, 0) is 0 Å². The van der Waals surface area contributed by atoms with Gasteiger partial charge in [-0.15, -0.1) is 0 Å². The van der Waals surface area contributed by atoms with Crippen LogP contribution in [0.4, 0.5) is 20.4 Å². The van der Waals surface area contributed by atoms with Crippen LogP contribution < -0.4 is 10.6 Å². The van der Waals surface area contributed by atoms with Crippen molar-refractivity contribution in [3.63, 3.8) is 0 Å². The van der Waals surface area contributed by atoms with E-state index in [1.807, 2.05) is 0 Å². The highest BCUT2D eigenvalue weighted by Crippen LogP contribution is 2.61. The van der Waals surface area contributed by atoms with Crippen molar-refractivity contribution in [2.45, 2.75) is 25.7 Å².